The van der Waals surface area contributed by atoms with Gasteiger partial charge < -0.3 is 36.9 Å². The molecule has 0 aliphatic carbocycles. The van der Waals surface area contributed by atoms with E-state index >= 15 is 0 Å². The molecule has 4 bridgehead atoms. The molecule has 0 aromatic heterocycles. The molecule has 2 amide bonds. The van der Waals surface area contributed by atoms with Crippen LogP contribution < -0.4 is 26.6 Å². The number of hydrogen-bond donors (Lipinski definition) is 6. The van der Waals surface area contributed by atoms with Crippen molar-refractivity contribution in [3.8, 4) is 0 Å². The zero-order valence-electron chi connectivity index (χ0n) is 21.6. The highest BCUT2D eigenvalue weighted by Crippen LogP contribution is 2.20. The molecule has 0 saturated carbocycles. The summed E-state index contributed by atoms with van der Waals surface area (Å²) in [6.45, 7) is 1.30. The topological polar surface area (TPSA) is 146 Å². The Balaban J connectivity index is 1.59. The summed E-state index contributed by atoms with van der Waals surface area (Å²) in [6.07, 6.45) is 3.67. The molecule has 0 spiro atoms. The first-order valence-electron chi connectivity index (χ1n) is 12.5. The van der Waals surface area contributed by atoms with E-state index in [9.17, 15) is 9.59 Å². The van der Waals surface area contributed by atoms with Crippen molar-refractivity contribution in [2.75, 3.05) is 43.1 Å². The van der Waals surface area contributed by atoms with Crippen LogP contribution in [0, 0.1) is 5.41 Å². The van der Waals surface area contributed by atoms with Crippen molar-refractivity contribution in [3.05, 3.63) is 65.5 Å². The average molecular weight is 516 g/mol. The molecule has 4 rings (SSSR count). The lowest BCUT2D eigenvalue weighted by Gasteiger charge is -2.21. The molecular weight excluding hydrogens is 482 g/mol. The summed E-state index contributed by atoms with van der Waals surface area (Å²) in [5.41, 5.74) is 3.29. The van der Waals surface area contributed by atoms with Crippen LogP contribution in [0.5, 0.6) is 0 Å². The number of fused-ring (bicyclic) bond motifs is 3. The van der Waals surface area contributed by atoms with Crippen LogP contribution in [-0.4, -0.2) is 62.0 Å². The van der Waals surface area contributed by atoms with Crippen LogP contribution in [0.4, 0.5) is 17.1 Å². The summed E-state index contributed by atoms with van der Waals surface area (Å²) < 4.78 is 0. The van der Waals surface area contributed by atoms with E-state index in [0.717, 1.165) is 13.0 Å². The van der Waals surface area contributed by atoms with E-state index < -0.39 is 0 Å². The number of benzene rings is 2. The van der Waals surface area contributed by atoms with Crippen molar-refractivity contribution < 1.29 is 9.59 Å². The molecule has 2 aliphatic rings. The van der Waals surface area contributed by atoms with Crippen molar-refractivity contribution >= 4 is 47.0 Å². The SMILES string of the molecule is CN(C)CCNC(=O)c1cccc(NC2=NC3=N/C(=C(/C=N)CCCCC(=O)Nc4cccc(c4)N3)N2)c1. The zero-order chi connectivity index (χ0) is 26.9. The lowest BCUT2D eigenvalue weighted by Crippen LogP contribution is -2.36. The summed E-state index contributed by atoms with van der Waals surface area (Å²) in [7, 11) is 3.91. The molecule has 0 fully saturated rings. The van der Waals surface area contributed by atoms with E-state index in [4.69, 9.17) is 5.41 Å². The lowest BCUT2D eigenvalue weighted by molar-refractivity contribution is -0.116. The van der Waals surface area contributed by atoms with Crippen LogP contribution in [0.15, 0.2) is 69.9 Å². The van der Waals surface area contributed by atoms with Gasteiger partial charge in [-0.3, -0.25) is 9.59 Å². The van der Waals surface area contributed by atoms with Crippen LogP contribution in [0.25, 0.3) is 0 Å². The van der Waals surface area contributed by atoms with Crippen LogP contribution in [0.2, 0.25) is 0 Å². The van der Waals surface area contributed by atoms with Gasteiger partial charge in [0.2, 0.25) is 17.8 Å². The number of likely N-dealkylation sites (N-methyl/N-ethyl adjacent to an activating group) is 1. The first-order chi connectivity index (χ1) is 18.4. The number of carbonyl (C=O) groups is 2. The highest BCUT2D eigenvalue weighted by atomic mass is 16.2. The Morgan fingerprint density at radius 3 is 2.58 bits per heavy atom. The molecular formula is C27H33N9O2. The fourth-order valence-electron chi connectivity index (χ4n) is 3.93. The van der Waals surface area contributed by atoms with Gasteiger partial charge >= 0.3 is 0 Å². The molecule has 2 aliphatic heterocycles. The fraction of sp³-hybridized carbons (Fsp3) is 0.296. The minimum absolute atomic E-state index is 0.0444. The van der Waals surface area contributed by atoms with Gasteiger partial charge in [-0.2, -0.15) is 9.98 Å². The number of guanidine groups is 2. The van der Waals surface area contributed by atoms with E-state index in [-0.39, 0.29) is 11.8 Å². The molecule has 11 nitrogen and oxygen atoms in total. The summed E-state index contributed by atoms with van der Waals surface area (Å²) >= 11 is 0. The van der Waals surface area contributed by atoms with E-state index in [2.05, 4.69) is 36.6 Å². The lowest BCUT2D eigenvalue weighted by atomic mass is 10.1. The molecule has 0 saturated heterocycles. The third-order valence-corrected chi connectivity index (χ3v) is 5.89. The molecule has 2 heterocycles. The highest BCUT2D eigenvalue weighted by Gasteiger charge is 2.17. The third kappa shape index (κ3) is 7.50. The number of hydrogen-bond acceptors (Lipinski definition) is 9. The van der Waals surface area contributed by atoms with Crippen LogP contribution in [-0.2, 0) is 4.79 Å². The second-order valence-electron chi connectivity index (χ2n) is 9.27. The summed E-state index contributed by atoms with van der Waals surface area (Å²) in [5.74, 6) is 1.02. The van der Waals surface area contributed by atoms with E-state index in [0.29, 0.717) is 71.7 Å². The molecule has 2 aromatic rings. The van der Waals surface area contributed by atoms with E-state index in [1.807, 2.05) is 49.3 Å². The van der Waals surface area contributed by atoms with Gasteiger partial charge in [-0.15, -0.1) is 0 Å². The van der Waals surface area contributed by atoms with Gasteiger partial charge in [-0.25, -0.2) is 0 Å². The van der Waals surface area contributed by atoms with Gasteiger partial charge in [0.25, 0.3) is 5.91 Å². The summed E-state index contributed by atoms with van der Waals surface area (Å²) in [5, 5.41) is 23.4. The number of carbonyl (C=O) groups excluding carboxylic acids is 2. The summed E-state index contributed by atoms with van der Waals surface area (Å²) in [6, 6.07) is 14.5. The van der Waals surface area contributed by atoms with Crippen molar-refractivity contribution in [1.29, 1.82) is 5.41 Å². The Hall–Kier alpha value is -4.51. The fourth-order valence-corrected chi connectivity index (χ4v) is 3.93. The van der Waals surface area contributed by atoms with Gasteiger partial charge in [0.1, 0.15) is 5.82 Å². The third-order valence-electron chi connectivity index (χ3n) is 5.89. The Kier molecular flexibility index (Phi) is 8.83. The Morgan fingerprint density at radius 2 is 1.79 bits per heavy atom. The average Bonchev–Trinajstić information content (AvgIpc) is 2.88. The number of amides is 2. The standard InChI is InChI=1S/C27H33N9O2/c1-36(2)14-13-29-25(38)18-8-5-9-20(15-18)31-26-33-24-19(17-28)7-3-4-12-23(37)30-21-10-6-11-22(16-21)32-27(34-24)35-26/h5-6,8-11,15-17,28H,3-4,7,12-14H2,1-2H3,(H,29,38)(H,30,37)(H3,31,32,33,34,35)/b24-19+,28-17?. The largest absolute Gasteiger partial charge is 0.351 e. The second-order valence-corrected chi connectivity index (χ2v) is 9.27. The monoisotopic (exact) mass is 515 g/mol. The van der Waals surface area contributed by atoms with Crippen molar-refractivity contribution in [2.45, 2.75) is 25.7 Å². The molecule has 198 valence electrons. The predicted molar refractivity (Wildman–Crippen MR) is 152 cm³/mol. The molecule has 0 unspecified atom stereocenters. The zero-order valence-corrected chi connectivity index (χ0v) is 21.6. The van der Waals surface area contributed by atoms with Gasteiger partial charge in [0.15, 0.2) is 0 Å². The number of nitrogens with zero attached hydrogens (tertiary/aromatic N) is 3. The van der Waals surface area contributed by atoms with Gasteiger partial charge in [-0.05, 0) is 69.8 Å². The minimum Gasteiger partial charge on any atom is -0.351 e. The highest BCUT2D eigenvalue weighted by molar-refractivity contribution is 6.10. The quantitative estimate of drug-likeness (QED) is 0.326. The maximum atomic E-state index is 12.6. The maximum absolute atomic E-state index is 12.6. The minimum atomic E-state index is -0.155. The van der Waals surface area contributed by atoms with Crippen molar-refractivity contribution in [3.63, 3.8) is 0 Å². The number of nitrogens with one attached hydrogen (secondary N) is 6. The van der Waals surface area contributed by atoms with Crippen molar-refractivity contribution in [2.24, 2.45) is 9.98 Å². The smallest absolute Gasteiger partial charge is 0.251 e. The number of rotatable bonds is 6. The van der Waals surface area contributed by atoms with Crippen LogP contribution in [0.1, 0.15) is 36.0 Å². The second kappa shape index (κ2) is 12.6. The van der Waals surface area contributed by atoms with E-state index in [1.54, 1.807) is 18.2 Å². The predicted octanol–water partition coefficient (Wildman–Crippen LogP) is 3.19. The first kappa shape index (κ1) is 26.6. The number of anilines is 3. The molecule has 38 heavy (non-hydrogen) atoms. The Labute approximate surface area is 222 Å². The molecule has 11 heteroatoms. The Bertz CT molecular complexity index is 1300. The van der Waals surface area contributed by atoms with Crippen LogP contribution >= 0.6 is 0 Å². The van der Waals surface area contributed by atoms with Gasteiger partial charge in [0, 0.05) is 53.9 Å². The van der Waals surface area contributed by atoms with Gasteiger partial charge in [-0.1, -0.05) is 12.1 Å². The first-order valence-corrected chi connectivity index (χ1v) is 12.5. The Morgan fingerprint density at radius 1 is 1.03 bits per heavy atom. The maximum Gasteiger partial charge on any atom is 0.251 e. The summed E-state index contributed by atoms with van der Waals surface area (Å²) in [4.78, 5) is 36.1. The number of allylic oxidation sites excluding steroid dienone is 1. The molecule has 6 N–H and O–H groups in total. The molecule has 0 atom stereocenters. The van der Waals surface area contributed by atoms with Crippen molar-refractivity contribution in [1.82, 2.24) is 15.5 Å². The van der Waals surface area contributed by atoms with E-state index in [1.165, 1.54) is 6.21 Å². The molecule has 2 aromatic carbocycles. The number of aliphatic imine (C=N–C) groups is 2. The van der Waals surface area contributed by atoms with Crippen LogP contribution in [0.3, 0.4) is 0 Å². The normalized spacial score (nSPS) is 17.6. The molecule has 0 radical (unpaired) electrons. The van der Waals surface area contributed by atoms with Gasteiger partial charge in [0.05, 0.1) is 0 Å².